The summed E-state index contributed by atoms with van der Waals surface area (Å²) in [5.41, 5.74) is 1.28. The van der Waals surface area contributed by atoms with Gasteiger partial charge in [0.25, 0.3) is 5.91 Å². The number of hydrogen-bond donors (Lipinski definition) is 1. The molecule has 23 heavy (non-hydrogen) atoms. The molecule has 7 heteroatoms. The summed E-state index contributed by atoms with van der Waals surface area (Å²) >= 11 is 1.48. The number of rotatable bonds is 2. The first-order valence-electron chi connectivity index (χ1n) is 7.72. The number of anilines is 1. The number of amides is 3. The number of carbonyl (C=O) groups is 3. The standard InChI is InChI=1S/C16H19N3O3S/c1-2-15(21)18-5-7-19(8-6-18)16(22)11-3-4-13-12(9-11)17-14(20)10-23-13/h3-4,9H,2,5-8,10H2,1H3,(H,17,20). The van der Waals surface area contributed by atoms with Crippen molar-refractivity contribution in [2.45, 2.75) is 18.2 Å². The van der Waals surface area contributed by atoms with Crippen molar-refractivity contribution >= 4 is 35.2 Å². The van der Waals surface area contributed by atoms with E-state index in [-0.39, 0.29) is 17.7 Å². The Morgan fingerprint density at radius 3 is 2.57 bits per heavy atom. The number of carbonyl (C=O) groups excluding carboxylic acids is 3. The topological polar surface area (TPSA) is 69.7 Å². The molecule has 1 fully saturated rings. The molecule has 2 aliphatic heterocycles. The number of fused-ring (bicyclic) bond motifs is 1. The Hall–Kier alpha value is -2.02. The summed E-state index contributed by atoms with van der Waals surface area (Å²) in [5.74, 6) is 0.443. The van der Waals surface area contributed by atoms with E-state index in [0.717, 1.165) is 4.90 Å². The van der Waals surface area contributed by atoms with Crippen LogP contribution in [-0.2, 0) is 9.59 Å². The quantitative estimate of drug-likeness (QED) is 0.889. The number of nitrogens with one attached hydrogen (secondary N) is 1. The molecule has 0 bridgehead atoms. The highest BCUT2D eigenvalue weighted by atomic mass is 32.2. The largest absolute Gasteiger partial charge is 0.339 e. The smallest absolute Gasteiger partial charge is 0.254 e. The van der Waals surface area contributed by atoms with E-state index < -0.39 is 0 Å². The number of piperazine rings is 1. The summed E-state index contributed by atoms with van der Waals surface area (Å²) < 4.78 is 0. The van der Waals surface area contributed by atoms with E-state index in [9.17, 15) is 14.4 Å². The van der Waals surface area contributed by atoms with Gasteiger partial charge in [-0.1, -0.05) is 6.92 Å². The Kier molecular flexibility index (Phi) is 4.56. The van der Waals surface area contributed by atoms with Crippen molar-refractivity contribution in [2.75, 3.05) is 37.2 Å². The second-order valence-electron chi connectivity index (χ2n) is 5.57. The number of benzene rings is 1. The molecule has 0 aromatic heterocycles. The van der Waals surface area contributed by atoms with Crippen LogP contribution in [-0.4, -0.2) is 59.5 Å². The van der Waals surface area contributed by atoms with Gasteiger partial charge >= 0.3 is 0 Å². The van der Waals surface area contributed by atoms with Crippen LogP contribution in [0.3, 0.4) is 0 Å². The zero-order valence-corrected chi connectivity index (χ0v) is 13.8. The average Bonchev–Trinajstić information content (AvgIpc) is 2.59. The first-order chi connectivity index (χ1) is 11.1. The molecule has 3 amide bonds. The molecule has 0 atom stereocenters. The SMILES string of the molecule is CCC(=O)N1CCN(C(=O)c2ccc3c(c2)NC(=O)CS3)CC1. The summed E-state index contributed by atoms with van der Waals surface area (Å²) in [5, 5.41) is 2.80. The van der Waals surface area contributed by atoms with Gasteiger partial charge in [0, 0.05) is 43.1 Å². The predicted molar refractivity (Wildman–Crippen MR) is 88.6 cm³/mol. The minimum atomic E-state index is -0.0544. The Morgan fingerprint density at radius 2 is 1.87 bits per heavy atom. The van der Waals surface area contributed by atoms with Gasteiger partial charge in [0.15, 0.2) is 0 Å². The first kappa shape index (κ1) is 15.9. The summed E-state index contributed by atoms with van der Waals surface area (Å²) in [7, 11) is 0. The van der Waals surface area contributed by atoms with E-state index in [0.29, 0.717) is 49.6 Å². The van der Waals surface area contributed by atoms with E-state index in [1.807, 2.05) is 13.0 Å². The van der Waals surface area contributed by atoms with E-state index in [2.05, 4.69) is 5.32 Å². The minimum absolute atomic E-state index is 0.0428. The van der Waals surface area contributed by atoms with E-state index in [1.165, 1.54) is 11.8 Å². The molecule has 0 spiro atoms. The summed E-state index contributed by atoms with van der Waals surface area (Å²) in [6, 6.07) is 5.42. The lowest BCUT2D eigenvalue weighted by molar-refractivity contribution is -0.132. The van der Waals surface area contributed by atoms with Crippen LogP contribution >= 0.6 is 11.8 Å². The van der Waals surface area contributed by atoms with Gasteiger partial charge in [-0.05, 0) is 18.2 Å². The van der Waals surface area contributed by atoms with Crippen LogP contribution in [0.15, 0.2) is 23.1 Å². The highest BCUT2D eigenvalue weighted by molar-refractivity contribution is 8.00. The number of hydrogen-bond acceptors (Lipinski definition) is 4. The maximum Gasteiger partial charge on any atom is 0.254 e. The van der Waals surface area contributed by atoms with Gasteiger partial charge in [0.1, 0.15) is 0 Å². The molecule has 1 aromatic carbocycles. The molecule has 122 valence electrons. The van der Waals surface area contributed by atoms with Crippen LogP contribution < -0.4 is 5.32 Å². The van der Waals surface area contributed by atoms with Gasteiger partial charge in [-0.25, -0.2) is 0 Å². The van der Waals surface area contributed by atoms with Gasteiger partial charge in [-0.15, -0.1) is 11.8 Å². The molecule has 1 saturated heterocycles. The highest BCUT2D eigenvalue weighted by Crippen LogP contribution is 2.32. The fourth-order valence-corrected chi connectivity index (χ4v) is 3.57. The molecule has 0 radical (unpaired) electrons. The molecule has 2 aliphatic rings. The van der Waals surface area contributed by atoms with Gasteiger partial charge in [0.2, 0.25) is 11.8 Å². The van der Waals surface area contributed by atoms with E-state index in [1.54, 1.807) is 21.9 Å². The zero-order valence-electron chi connectivity index (χ0n) is 13.0. The highest BCUT2D eigenvalue weighted by Gasteiger charge is 2.25. The van der Waals surface area contributed by atoms with Gasteiger partial charge in [0.05, 0.1) is 11.4 Å². The zero-order chi connectivity index (χ0) is 16.4. The lowest BCUT2D eigenvalue weighted by Gasteiger charge is -2.34. The van der Waals surface area contributed by atoms with Crippen LogP contribution in [0.25, 0.3) is 0 Å². The molecule has 2 heterocycles. The van der Waals surface area contributed by atoms with E-state index >= 15 is 0 Å². The normalized spacial score (nSPS) is 17.5. The number of thioether (sulfide) groups is 1. The molecule has 1 aromatic rings. The van der Waals surface area contributed by atoms with Gasteiger partial charge < -0.3 is 15.1 Å². The molecule has 3 rings (SSSR count). The second-order valence-corrected chi connectivity index (χ2v) is 6.59. The number of nitrogens with zero attached hydrogens (tertiary/aromatic N) is 2. The van der Waals surface area contributed by atoms with Crippen molar-refractivity contribution in [3.05, 3.63) is 23.8 Å². The van der Waals surface area contributed by atoms with Crippen molar-refractivity contribution in [3.8, 4) is 0 Å². The molecule has 0 aliphatic carbocycles. The lowest BCUT2D eigenvalue weighted by Crippen LogP contribution is -2.50. The monoisotopic (exact) mass is 333 g/mol. The first-order valence-corrected chi connectivity index (χ1v) is 8.71. The molecule has 6 nitrogen and oxygen atoms in total. The van der Waals surface area contributed by atoms with Crippen LogP contribution in [0.4, 0.5) is 5.69 Å². The maximum absolute atomic E-state index is 12.6. The molecular weight excluding hydrogens is 314 g/mol. The average molecular weight is 333 g/mol. The summed E-state index contributed by atoms with van der Waals surface area (Å²) in [6.45, 7) is 4.09. The van der Waals surface area contributed by atoms with Crippen molar-refractivity contribution in [3.63, 3.8) is 0 Å². The third-order valence-electron chi connectivity index (χ3n) is 4.08. The molecular formula is C16H19N3O3S. The van der Waals surface area contributed by atoms with Crippen molar-refractivity contribution in [1.29, 1.82) is 0 Å². The van der Waals surface area contributed by atoms with Crippen molar-refractivity contribution in [1.82, 2.24) is 9.80 Å². The second kappa shape index (κ2) is 6.62. The van der Waals surface area contributed by atoms with Crippen LogP contribution in [0.2, 0.25) is 0 Å². The molecule has 0 saturated carbocycles. The van der Waals surface area contributed by atoms with Crippen LogP contribution in [0.1, 0.15) is 23.7 Å². The van der Waals surface area contributed by atoms with Crippen LogP contribution in [0.5, 0.6) is 0 Å². The Morgan fingerprint density at radius 1 is 1.17 bits per heavy atom. The van der Waals surface area contributed by atoms with E-state index in [4.69, 9.17) is 0 Å². The predicted octanol–water partition coefficient (Wildman–Crippen LogP) is 1.43. The summed E-state index contributed by atoms with van der Waals surface area (Å²) in [6.07, 6.45) is 0.496. The minimum Gasteiger partial charge on any atom is -0.339 e. The fraction of sp³-hybridized carbons (Fsp3) is 0.438. The Bertz CT molecular complexity index is 654. The Labute approximate surface area is 139 Å². The molecule has 0 unspecified atom stereocenters. The molecule has 1 N–H and O–H groups in total. The van der Waals surface area contributed by atoms with Gasteiger partial charge in [-0.2, -0.15) is 0 Å². The third-order valence-corrected chi connectivity index (χ3v) is 5.15. The lowest BCUT2D eigenvalue weighted by atomic mass is 10.1. The Balaban J connectivity index is 1.68. The van der Waals surface area contributed by atoms with Crippen LogP contribution in [0, 0.1) is 0 Å². The third kappa shape index (κ3) is 3.34. The fourth-order valence-electron chi connectivity index (χ4n) is 2.78. The van der Waals surface area contributed by atoms with Crippen molar-refractivity contribution < 1.29 is 14.4 Å². The van der Waals surface area contributed by atoms with Gasteiger partial charge in [-0.3, -0.25) is 14.4 Å². The maximum atomic E-state index is 12.6. The summed E-state index contributed by atoms with van der Waals surface area (Å²) in [4.78, 5) is 40.3. The van der Waals surface area contributed by atoms with Crippen molar-refractivity contribution in [2.24, 2.45) is 0 Å².